The molecule has 0 aromatic heterocycles. The summed E-state index contributed by atoms with van der Waals surface area (Å²) in [6, 6.07) is 10.2. The lowest BCUT2D eigenvalue weighted by Crippen LogP contribution is -2.44. The molecule has 27 heavy (non-hydrogen) atoms. The SMILES string of the molecule is COc1cc(NC(=O)[C@@H]2Cc3ccccc3N2C(C)=O)cc(OC)c1OC. The highest BCUT2D eigenvalue weighted by Gasteiger charge is 2.36. The van der Waals surface area contributed by atoms with Crippen molar-refractivity contribution in [2.45, 2.75) is 19.4 Å². The van der Waals surface area contributed by atoms with Gasteiger partial charge in [-0.15, -0.1) is 0 Å². The van der Waals surface area contributed by atoms with E-state index in [1.807, 2.05) is 24.3 Å². The first kappa shape index (κ1) is 18.6. The molecule has 0 radical (unpaired) electrons. The van der Waals surface area contributed by atoms with E-state index >= 15 is 0 Å². The van der Waals surface area contributed by atoms with Gasteiger partial charge < -0.3 is 19.5 Å². The van der Waals surface area contributed by atoms with Crippen molar-refractivity contribution in [3.05, 3.63) is 42.0 Å². The molecule has 1 aliphatic heterocycles. The van der Waals surface area contributed by atoms with Crippen LogP contribution in [0.4, 0.5) is 11.4 Å². The van der Waals surface area contributed by atoms with Crippen molar-refractivity contribution in [1.29, 1.82) is 0 Å². The molecule has 1 heterocycles. The lowest BCUT2D eigenvalue weighted by atomic mass is 10.1. The number of carbonyl (C=O) groups is 2. The molecule has 0 saturated carbocycles. The number of rotatable bonds is 5. The van der Waals surface area contributed by atoms with Crippen molar-refractivity contribution >= 4 is 23.2 Å². The number of hydrogen-bond acceptors (Lipinski definition) is 5. The summed E-state index contributed by atoms with van der Waals surface area (Å²) in [5, 5.41) is 2.86. The van der Waals surface area contributed by atoms with E-state index in [4.69, 9.17) is 14.2 Å². The molecular formula is C20H22N2O5. The summed E-state index contributed by atoms with van der Waals surface area (Å²) >= 11 is 0. The molecule has 0 spiro atoms. The highest BCUT2D eigenvalue weighted by atomic mass is 16.5. The third-order valence-electron chi connectivity index (χ3n) is 4.55. The predicted octanol–water partition coefficient (Wildman–Crippen LogP) is 2.63. The van der Waals surface area contributed by atoms with Gasteiger partial charge in [0.25, 0.3) is 0 Å². The third kappa shape index (κ3) is 3.40. The monoisotopic (exact) mass is 370 g/mol. The van der Waals surface area contributed by atoms with Crippen LogP contribution in [0.2, 0.25) is 0 Å². The van der Waals surface area contributed by atoms with E-state index in [0.717, 1.165) is 11.3 Å². The smallest absolute Gasteiger partial charge is 0.247 e. The van der Waals surface area contributed by atoms with E-state index in [0.29, 0.717) is 29.4 Å². The molecule has 0 unspecified atom stereocenters. The summed E-state index contributed by atoms with van der Waals surface area (Å²) in [6.07, 6.45) is 0.464. The van der Waals surface area contributed by atoms with Crippen LogP contribution in [0.1, 0.15) is 12.5 Å². The van der Waals surface area contributed by atoms with Gasteiger partial charge in [0.05, 0.1) is 21.3 Å². The Kier molecular flexibility index (Phi) is 5.21. The largest absolute Gasteiger partial charge is 0.493 e. The molecule has 1 aliphatic rings. The maximum atomic E-state index is 12.9. The minimum absolute atomic E-state index is 0.176. The molecule has 2 aromatic rings. The van der Waals surface area contributed by atoms with E-state index in [1.165, 1.54) is 33.2 Å². The number of hydrogen-bond donors (Lipinski definition) is 1. The average molecular weight is 370 g/mol. The van der Waals surface area contributed by atoms with Crippen molar-refractivity contribution < 1.29 is 23.8 Å². The third-order valence-corrected chi connectivity index (χ3v) is 4.55. The highest BCUT2D eigenvalue weighted by molar-refractivity contribution is 6.06. The van der Waals surface area contributed by atoms with Gasteiger partial charge in [0.2, 0.25) is 17.6 Å². The molecular weight excluding hydrogens is 348 g/mol. The fraction of sp³-hybridized carbons (Fsp3) is 0.300. The van der Waals surface area contributed by atoms with Crippen molar-refractivity contribution in [2.75, 3.05) is 31.5 Å². The van der Waals surface area contributed by atoms with E-state index in [-0.39, 0.29) is 11.8 Å². The number of anilines is 2. The number of nitrogens with zero attached hydrogens (tertiary/aromatic N) is 1. The molecule has 7 heteroatoms. The number of methoxy groups -OCH3 is 3. The Morgan fingerprint density at radius 2 is 1.67 bits per heavy atom. The molecule has 1 N–H and O–H groups in total. The molecule has 2 aromatic carbocycles. The van der Waals surface area contributed by atoms with Gasteiger partial charge in [-0.25, -0.2) is 0 Å². The van der Waals surface area contributed by atoms with E-state index < -0.39 is 6.04 Å². The van der Waals surface area contributed by atoms with Crippen LogP contribution in [-0.4, -0.2) is 39.2 Å². The van der Waals surface area contributed by atoms with Crippen molar-refractivity contribution in [3.8, 4) is 17.2 Å². The molecule has 3 rings (SSSR count). The number of amides is 2. The first-order valence-corrected chi connectivity index (χ1v) is 8.48. The molecule has 142 valence electrons. The lowest BCUT2D eigenvalue weighted by Gasteiger charge is -2.23. The zero-order valence-corrected chi connectivity index (χ0v) is 15.7. The lowest BCUT2D eigenvalue weighted by molar-refractivity contribution is -0.122. The highest BCUT2D eigenvalue weighted by Crippen LogP contribution is 2.40. The van der Waals surface area contributed by atoms with E-state index in [1.54, 1.807) is 12.1 Å². The van der Waals surface area contributed by atoms with E-state index in [2.05, 4.69) is 5.32 Å². The minimum atomic E-state index is -0.612. The van der Waals surface area contributed by atoms with Crippen LogP contribution in [0.5, 0.6) is 17.2 Å². The fourth-order valence-corrected chi connectivity index (χ4v) is 3.36. The number of carbonyl (C=O) groups excluding carboxylic acids is 2. The zero-order valence-electron chi connectivity index (χ0n) is 15.7. The molecule has 2 amide bonds. The summed E-state index contributed by atoms with van der Waals surface area (Å²) in [5.74, 6) is 0.855. The molecule has 0 bridgehead atoms. The first-order valence-electron chi connectivity index (χ1n) is 8.48. The van der Waals surface area contributed by atoms with Gasteiger partial charge in [0.15, 0.2) is 11.5 Å². The Morgan fingerprint density at radius 1 is 1.04 bits per heavy atom. The second-order valence-corrected chi connectivity index (χ2v) is 6.14. The molecule has 1 atom stereocenters. The number of nitrogens with one attached hydrogen (secondary N) is 1. The van der Waals surface area contributed by atoms with Crippen LogP contribution < -0.4 is 24.4 Å². The first-order chi connectivity index (χ1) is 13.0. The topological polar surface area (TPSA) is 77.1 Å². The fourth-order valence-electron chi connectivity index (χ4n) is 3.36. The van der Waals surface area contributed by atoms with Crippen LogP contribution in [0, 0.1) is 0 Å². The van der Waals surface area contributed by atoms with Gasteiger partial charge in [0.1, 0.15) is 6.04 Å². The Hall–Kier alpha value is -3.22. The number of para-hydroxylation sites is 1. The van der Waals surface area contributed by atoms with Crippen molar-refractivity contribution in [3.63, 3.8) is 0 Å². The number of ether oxygens (including phenoxy) is 3. The maximum Gasteiger partial charge on any atom is 0.247 e. The predicted molar refractivity (Wildman–Crippen MR) is 102 cm³/mol. The Morgan fingerprint density at radius 3 is 2.22 bits per heavy atom. The van der Waals surface area contributed by atoms with Gasteiger partial charge in [-0.1, -0.05) is 18.2 Å². The number of benzene rings is 2. The molecule has 7 nitrogen and oxygen atoms in total. The summed E-state index contributed by atoms with van der Waals surface area (Å²) < 4.78 is 15.9. The summed E-state index contributed by atoms with van der Waals surface area (Å²) in [7, 11) is 4.53. The van der Waals surface area contributed by atoms with Crippen LogP contribution in [0.15, 0.2) is 36.4 Å². The summed E-state index contributed by atoms with van der Waals surface area (Å²) in [5.41, 5.74) is 2.24. The molecule has 0 saturated heterocycles. The van der Waals surface area contributed by atoms with Gasteiger partial charge in [-0.2, -0.15) is 0 Å². The second-order valence-electron chi connectivity index (χ2n) is 6.14. The van der Waals surface area contributed by atoms with Gasteiger partial charge in [0, 0.05) is 36.9 Å². The quantitative estimate of drug-likeness (QED) is 0.876. The summed E-state index contributed by atoms with van der Waals surface area (Å²) in [6.45, 7) is 1.46. The second kappa shape index (κ2) is 7.57. The van der Waals surface area contributed by atoms with Gasteiger partial charge in [-0.05, 0) is 11.6 Å². The van der Waals surface area contributed by atoms with E-state index in [9.17, 15) is 9.59 Å². The summed E-state index contributed by atoms with van der Waals surface area (Å²) in [4.78, 5) is 26.6. The van der Waals surface area contributed by atoms with Crippen LogP contribution in [0.3, 0.4) is 0 Å². The Bertz CT molecular complexity index is 855. The zero-order chi connectivity index (χ0) is 19.6. The Labute approximate surface area is 157 Å². The molecule has 0 aliphatic carbocycles. The number of fused-ring (bicyclic) bond motifs is 1. The van der Waals surface area contributed by atoms with Crippen LogP contribution >= 0.6 is 0 Å². The van der Waals surface area contributed by atoms with Gasteiger partial charge >= 0.3 is 0 Å². The van der Waals surface area contributed by atoms with Crippen molar-refractivity contribution in [2.24, 2.45) is 0 Å². The standard InChI is InChI=1S/C20H22N2O5/c1-12(23)22-15-8-6-5-7-13(15)9-16(22)20(24)21-14-10-17(25-2)19(27-4)18(11-14)26-3/h5-8,10-11,16H,9H2,1-4H3,(H,21,24)/t16-/m0/s1. The molecule has 0 fully saturated rings. The minimum Gasteiger partial charge on any atom is -0.493 e. The van der Waals surface area contributed by atoms with Crippen LogP contribution in [-0.2, 0) is 16.0 Å². The average Bonchev–Trinajstić information content (AvgIpc) is 3.07. The maximum absolute atomic E-state index is 12.9. The van der Waals surface area contributed by atoms with Gasteiger partial charge in [-0.3, -0.25) is 14.5 Å². The van der Waals surface area contributed by atoms with Crippen molar-refractivity contribution in [1.82, 2.24) is 0 Å². The normalized spacial score (nSPS) is 15.1. The Balaban J connectivity index is 1.89. The van der Waals surface area contributed by atoms with Crippen LogP contribution in [0.25, 0.3) is 0 Å².